The van der Waals surface area contributed by atoms with Crippen molar-refractivity contribution in [3.05, 3.63) is 29.8 Å². The van der Waals surface area contributed by atoms with E-state index in [0.29, 0.717) is 12.8 Å². The summed E-state index contributed by atoms with van der Waals surface area (Å²) >= 11 is 1.69. The number of hydrogen-bond acceptors (Lipinski definition) is 9. The second kappa shape index (κ2) is 10.3. The predicted molar refractivity (Wildman–Crippen MR) is 128 cm³/mol. The number of ether oxygens (including phenoxy) is 3. The summed E-state index contributed by atoms with van der Waals surface area (Å²) in [6, 6.07) is 7.73. The summed E-state index contributed by atoms with van der Waals surface area (Å²) in [6.07, 6.45) is -0.730. The average molecular weight is 498 g/mol. The zero-order chi connectivity index (χ0) is 24.7. The molecular formula is C25H39NO7S. The van der Waals surface area contributed by atoms with Gasteiger partial charge in [0.15, 0.2) is 0 Å². The molecule has 5 N–H and O–H groups in total. The topological polar surface area (TPSA) is 121 Å². The van der Waals surface area contributed by atoms with Gasteiger partial charge in [0.25, 0.3) is 0 Å². The third-order valence-corrected chi connectivity index (χ3v) is 8.59. The molecule has 3 aliphatic rings. The van der Waals surface area contributed by atoms with Gasteiger partial charge in [0, 0.05) is 17.2 Å². The van der Waals surface area contributed by atoms with E-state index in [1.165, 1.54) is 4.90 Å². The highest BCUT2D eigenvalue weighted by Crippen LogP contribution is 2.49. The molecule has 0 aromatic heterocycles. The van der Waals surface area contributed by atoms with E-state index in [4.69, 9.17) is 14.2 Å². The Morgan fingerprint density at radius 1 is 1.09 bits per heavy atom. The Morgan fingerprint density at radius 2 is 1.79 bits per heavy atom. The van der Waals surface area contributed by atoms with Crippen molar-refractivity contribution in [3.8, 4) is 0 Å². The van der Waals surface area contributed by atoms with Crippen LogP contribution in [0.5, 0.6) is 0 Å². The van der Waals surface area contributed by atoms with Crippen LogP contribution in [0.3, 0.4) is 0 Å². The third kappa shape index (κ3) is 4.55. The number of nitrogens with one attached hydrogen (secondary N) is 1. The van der Waals surface area contributed by atoms with E-state index in [2.05, 4.69) is 29.6 Å². The molecule has 3 fully saturated rings. The molecule has 0 bridgehead atoms. The fourth-order valence-corrected chi connectivity index (χ4v) is 6.32. The number of benzene rings is 1. The van der Waals surface area contributed by atoms with Gasteiger partial charge in [0.1, 0.15) is 17.8 Å². The fraction of sp³-hybridized carbons (Fsp3) is 0.760. The molecule has 0 unspecified atom stereocenters. The molecule has 2 aliphatic heterocycles. The van der Waals surface area contributed by atoms with Crippen LogP contribution in [-0.4, -0.2) is 88.0 Å². The highest BCUT2D eigenvalue weighted by Gasteiger charge is 2.68. The molecule has 1 aromatic rings. The van der Waals surface area contributed by atoms with Crippen molar-refractivity contribution in [3.63, 3.8) is 0 Å². The first-order valence-electron chi connectivity index (χ1n) is 12.3. The SMILES string of the molecule is CC[C@@H]1[C@H](O)[C@H](NC)[C@H]2O[C@]3(O)[C@H](O[C@@H]2[C@H]1O)O[C@H](C)C[C@@]3(O)CCCc1ccc(SC)cc1. The maximum absolute atomic E-state index is 11.8. The minimum absolute atomic E-state index is 0.180. The van der Waals surface area contributed by atoms with E-state index in [1.807, 2.05) is 20.1 Å². The molecule has 8 nitrogen and oxygen atoms in total. The van der Waals surface area contributed by atoms with Crippen molar-refractivity contribution in [2.75, 3.05) is 13.3 Å². The van der Waals surface area contributed by atoms with Crippen LogP contribution in [-0.2, 0) is 20.6 Å². The summed E-state index contributed by atoms with van der Waals surface area (Å²) in [5.74, 6) is -2.54. The minimum Gasteiger partial charge on any atom is -0.391 e. The molecule has 9 heteroatoms. The number of hydrogen-bond donors (Lipinski definition) is 5. The zero-order valence-electron chi connectivity index (χ0n) is 20.4. The van der Waals surface area contributed by atoms with Gasteiger partial charge >= 0.3 is 0 Å². The lowest BCUT2D eigenvalue weighted by Crippen LogP contribution is -2.78. The molecule has 34 heavy (non-hydrogen) atoms. The number of fused-ring (bicyclic) bond motifs is 2. The number of likely N-dealkylation sites (N-methyl/N-ethyl adjacent to an activating group) is 1. The predicted octanol–water partition coefficient (Wildman–Crippen LogP) is 1.42. The molecule has 0 radical (unpaired) electrons. The third-order valence-electron chi connectivity index (χ3n) is 7.84. The fourth-order valence-electron chi connectivity index (χ4n) is 5.91. The zero-order valence-corrected chi connectivity index (χ0v) is 21.2. The van der Waals surface area contributed by atoms with Gasteiger partial charge in [-0.3, -0.25) is 0 Å². The Balaban J connectivity index is 1.54. The van der Waals surface area contributed by atoms with Gasteiger partial charge in [-0.2, -0.15) is 0 Å². The number of thioether (sulfide) groups is 1. The van der Waals surface area contributed by atoms with E-state index in [1.54, 1.807) is 18.8 Å². The van der Waals surface area contributed by atoms with Crippen molar-refractivity contribution in [1.82, 2.24) is 5.32 Å². The van der Waals surface area contributed by atoms with Gasteiger partial charge in [-0.1, -0.05) is 19.1 Å². The van der Waals surface area contributed by atoms with Crippen LogP contribution in [0.15, 0.2) is 29.2 Å². The van der Waals surface area contributed by atoms with Crippen LogP contribution in [0.1, 0.15) is 45.1 Å². The Kier molecular flexibility index (Phi) is 7.99. The lowest BCUT2D eigenvalue weighted by atomic mass is 9.73. The summed E-state index contributed by atoms with van der Waals surface area (Å²) in [4.78, 5) is 1.20. The van der Waals surface area contributed by atoms with E-state index in [9.17, 15) is 20.4 Å². The van der Waals surface area contributed by atoms with Crippen molar-refractivity contribution in [2.24, 2.45) is 5.92 Å². The largest absolute Gasteiger partial charge is 0.391 e. The lowest BCUT2D eigenvalue weighted by molar-refractivity contribution is -0.485. The normalized spacial score (nSPS) is 44.4. The molecular weight excluding hydrogens is 458 g/mol. The second-order valence-corrected chi connectivity index (χ2v) is 10.8. The Labute approximate surface area is 206 Å². The molecule has 1 aromatic carbocycles. The van der Waals surface area contributed by atoms with E-state index in [-0.39, 0.29) is 18.9 Å². The Bertz CT molecular complexity index is 828. The Morgan fingerprint density at radius 3 is 2.41 bits per heavy atom. The van der Waals surface area contributed by atoms with E-state index >= 15 is 0 Å². The van der Waals surface area contributed by atoms with Crippen LogP contribution < -0.4 is 5.32 Å². The maximum Gasteiger partial charge on any atom is 0.248 e. The highest BCUT2D eigenvalue weighted by molar-refractivity contribution is 7.98. The first-order chi connectivity index (χ1) is 16.2. The minimum atomic E-state index is -2.13. The summed E-state index contributed by atoms with van der Waals surface area (Å²) in [7, 11) is 1.70. The van der Waals surface area contributed by atoms with Crippen LogP contribution in [0.2, 0.25) is 0 Å². The average Bonchev–Trinajstić information content (AvgIpc) is 2.80. The van der Waals surface area contributed by atoms with Crippen molar-refractivity contribution >= 4 is 11.8 Å². The molecule has 1 aliphatic carbocycles. The maximum atomic E-state index is 11.8. The van der Waals surface area contributed by atoms with Gasteiger partial charge < -0.3 is 40.0 Å². The van der Waals surface area contributed by atoms with Crippen LogP contribution in [0.25, 0.3) is 0 Å². The van der Waals surface area contributed by atoms with Crippen molar-refractivity contribution in [2.45, 2.75) is 105 Å². The molecule has 2 saturated heterocycles. The number of aliphatic hydroxyl groups excluding tert-OH is 2. The van der Waals surface area contributed by atoms with E-state index in [0.717, 1.165) is 12.0 Å². The summed E-state index contributed by atoms with van der Waals surface area (Å²) < 4.78 is 18.2. The number of aliphatic hydroxyl groups is 4. The standard InChI is InChI=1S/C25H39NO7S/c1-5-17-19(27)18(26-3)21-22(20(17)28)32-23-25(30,33-21)24(29,13-14(2)31-23)12-6-7-15-8-10-16(34-4)11-9-15/h8-11,14,17-23,26-30H,5-7,12-13H2,1-4H3/t14-,17-,18+,19+,20+,21-,22-,23+,24+,25-/m1/s1. The molecule has 0 amide bonds. The quantitative estimate of drug-likeness (QED) is 0.356. The second-order valence-electron chi connectivity index (χ2n) is 9.96. The first kappa shape index (κ1) is 26.3. The molecule has 0 spiro atoms. The van der Waals surface area contributed by atoms with Gasteiger partial charge in [0.05, 0.1) is 24.4 Å². The van der Waals surface area contributed by atoms with Crippen molar-refractivity contribution in [1.29, 1.82) is 0 Å². The van der Waals surface area contributed by atoms with Gasteiger partial charge in [-0.05, 0) is 63.6 Å². The number of aryl methyl sites for hydroxylation is 1. The Hall–Kier alpha value is -0.750. The van der Waals surface area contributed by atoms with Gasteiger partial charge in [0.2, 0.25) is 12.1 Å². The smallest absolute Gasteiger partial charge is 0.248 e. The van der Waals surface area contributed by atoms with Gasteiger partial charge in [-0.15, -0.1) is 11.8 Å². The highest BCUT2D eigenvalue weighted by atomic mass is 32.2. The van der Waals surface area contributed by atoms with Crippen LogP contribution >= 0.6 is 11.8 Å². The first-order valence-corrected chi connectivity index (χ1v) is 13.5. The molecule has 192 valence electrons. The van der Waals surface area contributed by atoms with Crippen LogP contribution in [0.4, 0.5) is 0 Å². The summed E-state index contributed by atoms with van der Waals surface area (Å²) in [5.41, 5.74) is -0.458. The lowest BCUT2D eigenvalue weighted by Gasteiger charge is -2.60. The van der Waals surface area contributed by atoms with Gasteiger partial charge in [-0.25, -0.2) is 0 Å². The summed E-state index contributed by atoms with van der Waals surface area (Å²) in [6.45, 7) is 3.73. The van der Waals surface area contributed by atoms with Crippen molar-refractivity contribution < 1.29 is 34.6 Å². The molecule has 10 atom stereocenters. The number of rotatable bonds is 7. The van der Waals surface area contributed by atoms with E-state index < -0.39 is 54.1 Å². The monoisotopic (exact) mass is 497 g/mol. The summed E-state index contributed by atoms with van der Waals surface area (Å²) in [5, 5.41) is 48.3. The molecule has 4 rings (SSSR count). The molecule has 2 heterocycles. The van der Waals surface area contributed by atoms with Crippen LogP contribution in [0, 0.1) is 5.92 Å². The molecule has 1 saturated carbocycles.